The molecule has 0 unspecified atom stereocenters. The molecule has 0 bridgehead atoms. The van der Waals surface area contributed by atoms with Gasteiger partial charge in [-0.15, -0.1) is 10.2 Å². The van der Waals surface area contributed by atoms with Gasteiger partial charge in [-0.05, 0) is 24.3 Å². The Morgan fingerprint density at radius 1 is 0.852 bits per heavy atom. The van der Waals surface area contributed by atoms with E-state index in [1.807, 2.05) is 36.4 Å². The Morgan fingerprint density at radius 3 is 2.07 bits per heavy atom. The minimum atomic E-state index is 0.349. The molecule has 0 fully saturated rings. The molecule has 142 valence electrons. The molecule has 0 aliphatic heterocycles. The fourth-order valence-electron chi connectivity index (χ4n) is 2.54. The maximum Gasteiger partial charge on any atom is 0.247 e. The third-order valence-electron chi connectivity index (χ3n) is 3.91. The Kier molecular flexibility index (Phi) is 5.65. The summed E-state index contributed by atoms with van der Waals surface area (Å²) in [5.74, 6) is 3.31. The third-order valence-corrected chi connectivity index (χ3v) is 3.91. The lowest BCUT2D eigenvalue weighted by molar-refractivity contribution is 0.324. The molecule has 0 atom stereocenters. The number of nitrogens with one attached hydrogen (secondary N) is 1. The number of aromatic nitrogens is 2. The van der Waals surface area contributed by atoms with Crippen LogP contribution in [0, 0.1) is 0 Å². The smallest absolute Gasteiger partial charge is 0.247 e. The first-order valence-corrected chi connectivity index (χ1v) is 8.19. The van der Waals surface area contributed by atoms with Crippen molar-refractivity contribution in [1.29, 1.82) is 0 Å². The fraction of sp³-hybridized carbons (Fsp3) is 0.263. The van der Waals surface area contributed by atoms with Crippen LogP contribution < -0.4 is 24.3 Å². The van der Waals surface area contributed by atoms with Gasteiger partial charge in [0, 0.05) is 23.4 Å². The lowest BCUT2D eigenvalue weighted by Gasteiger charge is -2.14. The van der Waals surface area contributed by atoms with Crippen LogP contribution in [0.3, 0.4) is 0 Å². The van der Waals surface area contributed by atoms with E-state index in [9.17, 15) is 0 Å². The van der Waals surface area contributed by atoms with Crippen molar-refractivity contribution in [2.45, 2.75) is 6.54 Å². The van der Waals surface area contributed by atoms with Gasteiger partial charge in [0.1, 0.15) is 5.75 Å². The molecule has 27 heavy (non-hydrogen) atoms. The zero-order valence-electron chi connectivity index (χ0n) is 15.6. The molecule has 1 N–H and O–H groups in total. The zero-order valence-corrected chi connectivity index (χ0v) is 15.6. The number of ether oxygens (including phenoxy) is 4. The normalized spacial score (nSPS) is 10.4. The van der Waals surface area contributed by atoms with Crippen molar-refractivity contribution in [2.75, 3.05) is 33.8 Å². The van der Waals surface area contributed by atoms with Crippen molar-refractivity contribution in [2.24, 2.45) is 0 Å². The molecular weight excluding hydrogens is 350 g/mol. The van der Waals surface area contributed by atoms with E-state index in [1.165, 1.54) is 0 Å². The van der Waals surface area contributed by atoms with Crippen LogP contribution in [0.25, 0.3) is 11.5 Å². The monoisotopic (exact) mass is 371 g/mol. The van der Waals surface area contributed by atoms with E-state index in [-0.39, 0.29) is 0 Å². The van der Waals surface area contributed by atoms with Crippen molar-refractivity contribution < 1.29 is 23.4 Å². The quantitative estimate of drug-likeness (QED) is 0.645. The number of rotatable bonds is 8. The molecule has 0 aliphatic carbocycles. The van der Waals surface area contributed by atoms with Crippen molar-refractivity contribution in [3.05, 3.63) is 42.3 Å². The second-order valence-corrected chi connectivity index (χ2v) is 5.50. The first kappa shape index (κ1) is 18.4. The maximum atomic E-state index is 5.71. The van der Waals surface area contributed by atoms with Crippen molar-refractivity contribution in [3.63, 3.8) is 0 Å². The van der Waals surface area contributed by atoms with Gasteiger partial charge < -0.3 is 28.7 Å². The summed E-state index contributed by atoms with van der Waals surface area (Å²) in [6, 6.07) is 11.0. The lowest BCUT2D eigenvalue weighted by atomic mass is 10.2. The molecule has 0 spiro atoms. The summed E-state index contributed by atoms with van der Waals surface area (Å²) in [4.78, 5) is 0. The number of nitrogens with zero attached hydrogens (tertiary/aromatic N) is 2. The first-order valence-electron chi connectivity index (χ1n) is 8.19. The van der Waals surface area contributed by atoms with Crippen LogP contribution in [-0.2, 0) is 6.54 Å². The highest BCUT2D eigenvalue weighted by atomic mass is 16.5. The zero-order chi connectivity index (χ0) is 19.2. The average Bonchev–Trinajstić information content (AvgIpc) is 3.20. The van der Waals surface area contributed by atoms with Gasteiger partial charge in [0.2, 0.25) is 17.5 Å². The summed E-state index contributed by atoms with van der Waals surface area (Å²) in [7, 11) is 6.32. The van der Waals surface area contributed by atoms with E-state index in [0.29, 0.717) is 35.6 Å². The topological polar surface area (TPSA) is 87.9 Å². The van der Waals surface area contributed by atoms with Crippen LogP contribution in [0.1, 0.15) is 5.89 Å². The Hall–Kier alpha value is -3.42. The van der Waals surface area contributed by atoms with E-state index in [4.69, 9.17) is 23.4 Å². The van der Waals surface area contributed by atoms with Crippen LogP contribution in [0.4, 0.5) is 5.69 Å². The third kappa shape index (κ3) is 4.05. The standard InChI is InChI=1S/C19H21N3O5/c1-23-14-7-5-12(6-8-14)19-22-21-17(27-19)11-20-13-9-15(24-2)18(26-4)16(10-13)25-3/h5-10,20H,11H2,1-4H3. The van der Waals surface area contributed by atoms with Crippen LogP contribution in [-0.4, -0.2) is 38.6 Å². The molecule has 8 heteroatoms. The lowest BCUT2D eigenvalue weighted by Crippen LogP contribution is -2.02. The second-order valence-electron chi connectivity index (χ2n) is 5.50. The Balaban J connectivity index is 1.73. The summed E-state index contributed by atoms with van der Waals surface area (Å²) in [5.41, 5.74) is 1.59. The number of methoxy groups -OCH3 is 4. The number of anilines is 1. The molecule has 0 saturated heterocycles. The van der Waals surface area contributed by atoms with E-state index >= 15 is 0 Å². The van der Waals surface area contributed by atoms with Crippen molar-refractivity contribution in [1.82, 2.24) is 10.2 Å². The van der Waals surface area contributed by atoms with Gasteiger partial charge in [0.05, 0.1) is 35.0 Å². The van der Waals surface area contributed by atoms with Gasteiger partial charge in [-0.2, -0.15) is 0 Å². The minimum Gasteiger partial charge on any atom is -0.497 e. The highest BCUT2D eigenvalue weighted by Gasteiger charge is 2.14. The summed E-state index contributed by atoms with van der Waals surface area (Å²) in [6.07, 6.45) is 0. The van der Waals surface area contributed by atoms with Crippen LogP contribution in [0.2, 0.25) is 0 Å². The summed E-state index contributed by atoms with van der Waals surface area (Å²) in [6.45, 7) is 0.349. The van der Waals surface area contributed by atoms with Gasteiger partial charge in [0.15, 0.2) is 11.5 Å². The summed E-state index contributed by atoms with van der Waals surface area (Å²) >= 11 is 0. The van der Waals surface area contributed by atoms with Crippen LogP contribution in [0.5, 0.6) is 23.0 Å². The predicted molar refractivity (Wildman–Crippen MR) is 99.7 cm³/mol. The van der Waals surface area contributed by atoms with Crippen molar-refractivity contribution in [3.8, 4) is 34.5 Å². The van der Waals surface area contributed by atoms with Gasteiger partial charge in [-0.1, -0.05) is 0 Å². The largest absolute Gasteiger partial charge is 0.497 e. The van der Waals surface area contributed by atoms with Gasteiger partial charge in [-0.25, -0.2) is 0 Å². The Labute approximate surface area is 157 Å². The highest BCUT2D eigenvalue weighted by Crippen LogP contribution is 2.40. The molecule has 0 saturated carbocycles. The summed E-state index contributed by atoms with van der Waals surface area (Å²) in [5, 5.41) is 11.4. The molecular formula is C19H21N3O5. The second kappa shape index (κ2) is 8.31. The first-order chi connectivity index (χ1) is 13.2. The van der Waals surface area contributed by atoms with E-state index in [1.54, 1.807) is 28.4 Å². The highest BCUT2D eigenvalue weighted by molar-refractivity contribution is 5.62. The summed E-state index contributed by atoms with van der Waals surface area (Å²) < 4.78 is 26.9. The molecule has 1 heterocycles. The van der Waals surface area contributed by atoms with Gasteiger partial charge in [0.25, 0.3) is 0 Å². The molecule has 2 aromatic carbocycles. The molecule has 0 aliphatic rings. The molecule has 3 rings (SSSR count). The Bertz CT molecular complexity index is 868. The minimum absolute atomic E-state index is 0.349. The molecule has 0 radical (unpaired) electrons. The van der Waals surface area contributed by atoms with E-state index < -0.39 is 0 Å². The maximum absolute atomic E-state index is 5.71. The molecule has 8 nitrogen and oxygen atoms in total. The fourth-order valence-corrected chi connectivity index (χ4v) is 2.54. The number of benzene rings is 2. The number of hydrogen-bond donors (Lipinski definition) is 1. The number of hydrogen-bond acceptors (Lipinski definition) is 8. The van der Waals surface area contributed by atoms with E-state index in [2.05, 4.69) is 15.5 Å². The molecule has 1 aromatic heterocycles. The average molecular weight is 371 g/mol. The van der Waals surface area contributed by atoms with Crippen LogP contribution >= 0.6 is 0 Å². The van der Waals surface area contributed by atoms with Gasteiger partial charge in [-0.3, -0.25) is 0 Å². The molecule has 0 amide bonds. The molecule has 3 aromatic rings. The predicted octanol–water partition coefficient (Wildman–Crippen LogP) is 3.38. The van der Waals surface area contributed by atoms with E-state index in [0.717, 1.165) is 17.0 Å². The Morgan fingerprint density at radius 2 is 1.52 bits per heavy atom. The SMILES string of the molecule is COc1ccc(-c2nnc(CNc3cc(OC)c(OC)c(OC)c3)o2)cc1. The van der Waals surface area contributed by atoms with Crippen LogP contribution in [0.15, 0.2) is 40.8 Å². The van der Waals surface area contributed by atoms with Crippen molar-refractivity contribution >= 4 is 5.69 Å². The van der Waals surface area contributed by atoms with Gasteiger partial charge >= 0.3 is 0 Å².